The maximum absolute atomic E-state index is 12.7. The summed E-state index contributed by atoms with van der Waals surface area (Å²) in [4.78, 5) is 3.95. The highest BCUT2D eigenvalue weighted by molar-refractivity contribution is 7.89. The Labute approximate surface area is 126 Å². The number of aryl methyl sites for hydroxylation is 1. The maximum atomic E-state index is 12.7. The van der Waals surface area contributed by atoms with Crippen LogP contribution in [0.3, 0.4) is 0 Å². The van der Waals surface area contributed by atoms with Crippen LogP contribution in [0.25, 0.3) is 0 Å². The number of hydrogen-bond acceptors (Lipinski definition) is 4. The average Bonchev–Trinajstić information content (AvgIpc) is 2.99. The fourth-order valence-corrected chi connectivity index (χ4v) is 4.74. The Balaban J connectivity index is 1.96. The van der Waals surface area contributed by atoms with Gasteiger partial charge in [-0.05, 0) is 35.2 Å². The van der Waals surface area contributed by atoms with Crippen LogP contribution in [-0.4, -0.2) is 28.3 Å². The van der Waals surface area contributed by atoms with Gasteiger partial charge in [0.15, 0.2) is 0 Å². The van der Waals surface area contributed by atoms with Crippen molar-refractivity contribution in [1.82, 2.24) is 13.9 Å². The lowest BCUT2D eigenvalue weighted by molar-refractivity contribution is 0.397. The highest BCUT2D eigenvalue weighted by Gasteiger charge is 2.40. The van der Waals surface area contributed by atoms with Crippen LogP contribution < -0.4 is 0 Å². The van der Waals surface area contributed by atoms with Crippen molar-refractivity contribution in [3.63, 3.8) is 0 Å². The molecule has 0 aliphatic heterocycles. The zero-order valence-corrected chi connectivity index (χ0v) is 13.2. The minimum Gasteiger partial charge on any atom is -0.324 e. The van der Waals surface area contributed by atoms with Gasteiger partial charge in [-0.25, -0.2) is 13.4 Å². The Bertz CT molecular complexity index is 705. The summed E-state index contributed by atoms with van der Waals surface area (Å²) in [6.45, 7) is 0.378. The first-order valence-corrected chi connectivity index (χ1v) is 8.96. The molecule has 1 saturated carbocycles. The van der Waals surface area contributed by atoms with Crippen molar-refractivity contribution in [2.24, 2.45) is 7.05 Å². The smallest absolute Gasteiger partial charge is 0.264 e. The lowest BCUT2D eigenvalue weighted by Gasteiger charge is -2.20. The van der Waals surface area contributed by atoms with Crippen LogP contribution in [0.15, 0.2) is 28.2 Å². The van der Waals surface area contributed by atoms with E-state index in [4.69, 9.17) is 11.6 Å². The van der Waals surface area contributed by atoms with Gasteiger partial charge in [-0.15, -0.1) is 0 Å². The second-order valence-corrected chi connectivity index (χ2v) is 7.81. The fraction of sp³-hybridized carbons (Fsp3) is 0.417. The predicted molar refractivity (Wildman–Crippen MR) is 78.3 cm³/mol. The molecule has 0 saturated heterocycles. The van der Waals surface area contributed by atoms with Crippen molar-refractivity contribution in [2.45, 2.75) is 30.5 Å². The van der Waals surface area contributed by atoms with Crippen molar-refractivity contribution in [3.8, 4) is 0 Å². The third kappa shape index (κ3) is 2.50. The van der Waals surface area contributed by atoms with E-state index in [0.29, 0.717) is 6.54 Å². The molecule has 0 spiro atoms. The summed E-state index contributed by atoms with van der Waals surface area (Å²) in [6, 6.07) is 2.01. The molecule has 5 nitrogen and oxygen atoms in total. The summed E-state index contributed by atoms with van der Waals surface area (Å²) < 4.78 is 28.5. The minimum absolute atomic E-state index is 0.0520. The number of nitrogens with zero attached hydrogens (tertiary/aromatic N) is 3. The average molecular weight is 332 g/mol. The van der Waals surface area contributed by atoms with E-state index in [1.54, 1.807) is 18.4 Å². The maximum Gasteiger partial charge on any atom is 0.264 e. The van der Waals surface area contributed by atoms with Gasteiger partial charge in [-0.2, -0.15) is 15.6 Å². The van der Waals surface area contributed by atoms with Crippen molar-refractivity contribution in [1.29, 1.82) is 0 Å². The second-order valence-electron chi connectivity index (χ2n) is 4.86. The van der Waals surface area contributed by atoms with Crippen molar-refractivity contribution >= 4 is 33.0 Å². The van der Waals surface area contributed by atoms with Crippen LogP contribution in [0.1, 0.15) is 18.4 Å². The first kappa shape index (κ1) is 14.1. The molecule has 2 aromatic rings. The Morgan fingerprint density at radius 1 is 1.55 bits per heavy atom. The van der Waals surface area contributed by atoms with Gasteiger partial charge in [-0.3, -0.25) is 0 Å². The molecule has 1 aliphatic rings. The molecule has 0 bridgehead atoms. The number of imidazole rings is 1. The van der Waals surface area contributed by atoms with Gasteiger partial charge >= 0.3 is 0 Å². The second kappa shape index (κ2) is 5.14. The van der Waals surface area contributed by atoms with Gasteiger partial charge in [-0.1, -0.05) is 11.6 Å². The molecule has 0 aromatic carbocycles. The molecule has 0 unspecified atom stereocenters. The Morgan fingerprint density at radius 3 is 2.80 bits per heavy atom. The van der Waals surface area contributed by atoms with E-state index < -0.39 is 10.0 Å². The van der Waals surface area contributed by atoms with Crippen molar-refractivity contribution in [3.05, 3.63) is 33.9 Å². The van der Waals surface area contributed by atoms with Gasteiger partial charge in [0.25, 0.3) is 10.0 Å². The summed E-state index contributed by atoms with van der Waals surface area (Å²) in [5.74, 6) is 0. The molecule has 2 heterocycles. The number of aromatic nitrogens is 2. The van der Waals surface area contributed by atoms with E-state index in [-0.39, 0.29) is 16.2 Å². The molecule has 2 aromatic heterocycles. The number of sulfonamides is 1. The topological polar surface area (TPSA) is 55.2 Å². The van der Waals surface area contributed by atoms with E-state index in [9.17, 15) is 8.42 Å². The normalized spacial score (nSPS) is 15.9. The molecule has 8 heteroatoms. The van der Waals surface area contributed by atoms with Gasteiger partial charge in [0, 0.05) is 19.6 Å². The Morgan fingerprint density at radius 2 is 2.30 bits per heavy atom. The highest BCUT2D eigenvalue weighted by Crippen LogP contribution is 2.35. The van der Waals surface area contributed by atoms with Crippen LogP contribution in [0.4, 0.5) is 0 Å². The molecular formula is C12H14ClN3O2S2. The molecule has 0 amide bonds. The molecule has 0 atom stereocenters. The molecule has 1 fully saturated rings. The Hall–Kier alpha value is -0.890. The zero-order valence-electron chi connectivity index (χ0n) is 10.9. The first-order chi connectivity index (χ1) is 9.50. The number of hydrogen-bond donors (Lipinski definition) is 0. The highest BCUT2D eigenvalue weighted by atomic mass is 35.5. The van der Waals surface area contributed by atoms with Gasteiger partial charge in [0.1, 0.15) is 5.15 Å². The first-order valence-electron chi connectivity index (χ1n) is 6.20. The number of halogens is 1. The van der Waals surface area contributed by atoms with Crippen LogP contribution in [0.5, 0.6) is 0 Å². The van der Waals surface area contributed by atoms with E-state index in [0.717, 1.165) is 18.4 Å². The fourth-order valence-electron chi connectivity index (χ4n) is 2.01. The summed E-state index contributed by atoms with van der Waals surface area (Å²) in [7, 11) is -1.97. The Kier molecular flexibility index (Phi) is 3.62. The van der Waals surface area contributed by atoms with Gasteiger partial charge in [0.05, 0.1) is 6.33 Å². The predicted octanol–water partition coefficient (Wildman–Crippen LogP) is 2.49. The lowest BCUT2D eigenvalue weighted by atomic mass is 10.3. The lowest BCUT2D eigenvalue weighted by Crippen LogP contribution is -2.33. The molecular weight excluding hydrogens is 318 g/mol. The van der Waals surface area contributed by atoms with E-state index in [2.05, 4.69) is 4.98 Å². The van der Waals surface area contributed by atoms with Crippen LogP contribution in [0.2, 0.25) is 5.15 Å². The van der Waals surface area contributed by atoms with Crippen LogP contribution in [0, 0.1) is 0 Å². The van der Waals surface area contributed by atoms with Crippen molar-refractivity contribution < 1.29 is 8.42 Å². The number of thiophene rings is 1. The van der Waals surface area contributed by atoms with Gasteiger partial charge < -0.3 is 4.57 Å². The summed E-state index contributed by atoms with van der Waals surface area (Å²) in [5, 5.41) is 4.01. The van der Waals surface area contributed by atoms with E-state index >= 15 is 0 Å². The summed E-state index contributed by atoms with van der Waals surface area (Å²) in [6.07, 6.45) is 3.21. The minimum atomic E-state index is -3.65. The van der Waals surface area contributed by atoms with Crippen LogP contribution >= 0.6 is 22.9 Å². The number of rotatable bonds is 5. The third-order valence-electron chi connectivity index (χ3n) is 3.26. The summed E-state index contributed by atoms with van der Waals surface area (Å²) in [5.41, 5.74) is 0.998. The summed E-state index contributed by atoms with van der Waals surface area (Å²) >= 11 is 7.60. The van der Waals surface area contributed by atoms with Gasteiger partial charge in [0.2, 0.25) is 5.03 Å². The molecule has 0 N–H and O–H groups in total. The molecule has 3 rings (SSSR count). The SMILES string of the molecule is Cn1cnc(S(=O)(=O)N(Cc2ccsc2)C2CC2)c1Cl. The molecule has 0 radical (unpaired) electrons. The van der Waals surface area contributed by atoms with Crippen LogP contribution in [-0.2, 0) is 23.6 Å². The van der Waals surface area contributed by atoms with E-state index in [1.807, 2.05) is 16.8 Å². The quantitative estimate of drug-likeness (QED) is 0.845. The van der Waals surface area contributed by atoms with Crippen molar-refractivity contribution in [2.75, 3.05) is 0 Å². The largest absolute Gasteiger partial charge is 0.324 e. The third-order valence-corrected chi connectivity index (χ3v) is 6.38. The molecule has 1 aliphatic carbocycles. The monoisotopic (exact) mass is 331 g/mol. The standard InChI is InChI=1S/C12H14ClN3O2S2/c1-15-8-14-12(11(15)13)20(17,18)16(10-2-3-10)6-9-4-5-19-7-9/h4-5,7-8,10H,2-3,6H2,1H3. The van der Waals surface area contributed by atoms with E-state index in [1.165, 1.54) is 15.2 Å². The zero-order chi connectivity index (χ0) is 14.3. The molecule has 108 valence electrons. The molecule has 20 heavy (non-hydrogen) atoms.